The average Bonchev–Trinajstić information content (AvgIpc) is 3.27. The van der Waals surface area contributed by atoms with E-state index in [1.807, 2.05) is 25.1 Å². The van der Waals surface area contributed by atoms with Crippen molar-refractivity contribution in [2.45, 2.75) is 26.0 Å². The standard InChI is InChI=1S/C33H35BrN2O7/c1-21-5-3-6-22(17-21)20-43-25-9-7-23(8-10-25)30(37)28-29(24-18-26(34)31(38)27(19-24)41-2)36(33(40)32(28)39)12-4-11-35-13-15-42-16-14-35/h3,5-10,17-19,29,37-38H,4,11-16,20H2,1-2H3/b30-28+. The summed E-state index contributed by atoms with van der Waals surface area (Å²) in [6.07, 6.45) is 0.632. The zero-order valence-corrected chi connectivity index (χ0v) is 25.8. The van der Waals surface area contributed by atoms with Gasteiger partial charge in [-0.3, -0.25) is 14.5 Å². The van der Waals surface area contributed by atoms with Gasteiger partial charge in [-0.2, -0.15) is 0 Å². The van der Waals surface area contributed by atoms with Gasteiger partial charge in [0.15, 0.2) is 11.5 Å². The predicted molar refractivity (Wildman–Crippen MR) is 165 cm³/mol. The summed E-state index contributed by atoms with van der Waals surface area (Å²) >= 11 is 3.36. The van der Waals surface area contributed by atoms with Crippen molar-refractivity contribution in [3.05, 3.63) is 93.0 Å². The molecule has 0 bridgehead atoms. The molecule has 2 fully saturated rings. The van der Waals surface area contributed by atoms with E-state index in [2.05, 4.69) is 26.9 Å². The van der Waals surface area contributed by atoms with Crippen LogP contribution in [0.25, 0.3) is 5.76 Å². The van der Waals surface area contributed by atoms with Crippen LogP contribution in [0.3, 0.4) is 0 Å². The fourth-order valence-electron chi connectivity index (χ4n) is 5.49. The first-order valence-electron chi connectivity index (χ1n) is 14.2. The average molecular weight is 652 g/mol. The number of hydrogen-bond acceptors (Lipinski definition) is 8. The van der Waals surface area contributed by atoms with Crippen LogP contribution in [0.5, 0.6) is 17.2 Å². The number of aromatic hydroxyl groups is 1. The maximum absolute atomic E-state index is 13.5. The minimum atomic E-state index is -0.882. The topological polar surface area (TPSA) is 109 Å². The first-order valence-corrected chi connectivity index (χ1v) is 15.0. The second-order valence-electron chi connectivity index (χ2n) is 10.7. The number of carbonyl (C=O) groups excluding carboxylic acids is 2. The van der Waals surface area contributed by atoms with Gasteiger partial charge in [-0.05, 0) is 76.8 Å². The van der Waals surface area contributed by atoms with Gasteiger partial charge in [-0.15, -0.1) is 0 Å². The number of ether oxygens (including phenoxy) is 3. The van der Waals surface area contributed by atoms with E-state index in [0.717, 1.165) is 30.8 Å². The number of likely N-dealkylation sites (tertiary alicyclic amines) is 1. The van der Waals surface area contributed by atoms with Crippen LogP contribution in [0.1, 0.15) is 34.7 Å². The van der Waals surface area contributed by atoms with Crippen LogP contribution in [0, 0.1) is 6.92 Å². The molecule has 10 heteroatoms. The minimum absolute atomic E-state index is 0.0237. The zero-order valence-electron chi connectivity index (χ0n) is 24.2. The Labute approximate surface area is 259 Å². The summed E-state index contributed by atoms with van der Waals surface area (Å²) < 4.78 is 17.0. The van der Waals surface area contributed by atoms with Gasteiger partial charge >= 0.3 is 0 Å². The van der Waals surface area contributed by atoms with E-state index in [-0.39, 0.29) is 22.8 Å². The number of phenolic OH excluding ortho intramolecular Hbond substituents is 1. The molecule has 226 valence electrons. The Bertz CT molecular complexity index is 1520. The number of halogens is 1. The molecule has 5 rings (SSSR count). The third-order valence-corrected chi connectivity index (χ3v) is 8.32. The summed E-state index contributed by atoms with van der Waals surface area (Å²) in [5.74, 6) is -1.06. The maximum atomic E-state index is 13.5. The minimum Gasteiger partial charge on any atom is -0.507 e. The molecular formula is C33H35BrN2O7. The lowest BCUT2D eigenvalue weighted by Crippen LogP contribution is -2.39. The van der Waals surface area contributed by atoms with Gasteiger partial charge in [0, 0.05) is 31.7 Å². The molecule has 2 saturated heterocycles. The molecule has 0 spiro atoms. The zero-order chi connectivity index (χ0) is 30.5. The van der Waals surface area contributed by atoms with Crippen LogP contribution in [0.15, 0.2) is 70.7 Å². The lowest BCUT2D eigenvalue weighted by Gasteiger charge is -2.29. The SMILES string of the molecule is COc1cc(C2/C(=C(\O)c3ccc(OCc4cccc(C)c4)cc3)C(=O)C(=O)N2CCCN2CCOCC2)cc(Br)c1O. The Hall–Kier alpha value is -3.86. The summed E-state index contributed by atoms with van der Waals surface area (Å²) in [7, 11) is 1.42. The molecule has 2 N–H and O–H groups in total. The Morgan fingerprint density at radius 3 is 2.49 bits per heavy atom. The van der Waals surface area contributed by atoms with Gasteiger partial charge in [-0.1, -0.05) is 29.8 Å². The van der Waals surface area contributed by atoms with E-state index in [4.69, 9.17) is 14.2 Å². The van der Waals surface area contributed by atoms with Gasteiger partial charge in [0.1, 0.15) is 18.1 Å². The van der Waals surface area contributed by atoms with Gasteiger partial charge in [0.05, 0.1) is 36.4 Å². The van der Waals surface area contributed by atoms with E-state index < -0.39 is 17.7 Å². The predicted octanol–water partition coefficient (Wildman–Crippen LogP) is 5.19. The number of methoxy groups -OCH3 is 1. The highest BCUT2D eigenvalue weighted by Crippen LogP contribution is 2.44. The Balaban J connectivity index is 1.44. The Kier molecular flexibility index (Phi) is 9.69. The fourth-order valence-corrected chi connectivity index (χ4v) is 5.95. The van der Waals surface area contributed by atoms with Crippen LogP contribution in [-0.4, -0.2) is 78.2 Å². The highest BCUT2D eigenvalue weighted by atomic mass is 79.9. The molecular weight excluding hydrogens is 616 g/mol. The van der Waals surface area contributed by atoms with E-state index in [0.29, 0.717) is 54.1 Å². The summed E-state index contributed by atoms with van der Waals surface area (Å²) in [5, 5.41) is 21.9. The van der Waals surface area contributed by atoms with Crippen LogP contribution < -0.4 is 9.47 Å². The number of amides is 1. The Morgan fingerprint density at radius 2 is 1.79 bits per heavy atom. The number of aliphatic hydroxyl groups is 1. The largest absolute Gasteiger partial charge is 0.507 e. The van der Waals surface area contributed by atoms with E-state index in [1.165, 1.54) is 12.0 Å². The van der Waals surface area contributed by atoms with Crippen molar-refractivity contribution in [2.75, 3.05) is 46.5 Å². The third kappa shape index (κ3) is 6.87. The van der Waals surface area contributed by atoms with E-state index in [1.54, 1.807) is 36.4 Å². The van der Waals surface area contributed by atoms with Crippen molar-refractivity contribution in [2.24, 2.45) is 0 Å². The molecule has 1 atom stereocenters. The molecule has 1 amide bonds. The molecule has 3 aromatic carbocycles. The highest BCUT2D eigenvalue weighted by molar-refractivity contribution is 9.10. The molecule has 2 aliphatic rings. The van der Waals surface area contributed by atoms with Gasteiger partial charge in [0.25, 0.3) is 11.7 Å². The maximum Gasteiger partial charge on any atom is 0.295 e. The molecule has 0 radical (unpaired) electrons. The number of phenols is 1. The lowest BCUT2D eigenvalue weighted by molar-refractivity contribution is -0.140. The first-order chi connectivity index (χ1) is 20.8. The number of Topliss-reactive ketones (excluding diaryl/α,β-unsaturated/α-hetero) is 1. The van der Waals surface area contributed by atoms with E-state index in [9.17, 15) is 19.8 Å². The number of rotatable bonds is 10. The quantitative estimate of drug-likeness (QED) is 0.175. The summed E-state index contributed by atoms with van der Waals surface area (Å²) in [6, 6.07) is 17.2. The van der Waals surface area contributed by atoms with Crippen LogP contribution >= 0.6 is 15.9 Å². The highest BCUT2D eigenvalue weighted by Gasteiger charge is 2.46. The van der Waals surface area contributed by atoms with Crippen LogP contribution in [-0.2, 0) is 20.9 Å². The molecule has 0 aromatic heterocycles. The summed E-state index contributed by atoms with van der Waals surface area (Å²) in [6.45, 7) is 6.42. The number of carbonyl (C=O) groups is 2. The lowest BCUT2D eigenvalue weighted by atomic mass is 9.95. The van der Waals surface area contributed by atoms with Crippen molar-refractivity contribution in [3.8, 4) is 17.2 Å². The molecule has 3 aromatic rings. The molecule has 1 unspecified atom stereocenters. The van der Waals surface area contributed by atoms with Gasteiger partial charge in [0.2, 0.25) is 0 Å². The number of nitrogens with zero attached hydrogens (tertiary/aromatic N) is 2. The fraction of sp³-hybridized carbons (Fsp3) is 0.333. The summed E-state index contributed by atoms with van der Waals surface area (Å²) in [4.78, 5) is 30.6. The van der Waals surface area contributed by atoms with E-state index >= 15 is 0 Å². The number of benzene rings is 3. The number of aryl methyl sites for hydroxylation is 1. The van der Waals surface area contributed by atoms with Crippen molar-refractivity contribution in [1.82, 2.24) is 9.80 Å². The monoisotopic (exact) mass is 650 g/mol. The number of hydrogen-bond donors (Lipinski definition) is 2. The van der Waals surface area contributed by atoms with Crippen LogP contribution in [0.4, 0.5) is 0 Å². The molecule has 2 heterocycles. The smallest absolute Gasteiger partial charge is 0.295 e. The van der Waals surface area contributed by atoms with Crippen molar-refractivity contribution in [3.63, 3.8) is 0 Å². The third-order valence-electron chi connectivity index (χ3n) is 7.72. The second-order valence-corrected chi connectivity index (χ2v) is 11.5. The first kappa shape index (κ1) is 30.6. The number of aliphatic hydroxyl groups excluding tert-OH is 1. The van der Waals surface area contributed by atoms with Crippen molar-refractivity contribution < 1.29 is 34.0 Å². The number of ketones is 1. The molecule has 0 saturated carbocycles. The summed E-state index contributed by atoms with van der Waals surface area (Å²) in [5.41, 5.74) is 3.06. The normalized spacial score (nSPS) is 18.7. The number of morpholine rings is 1. The van der Waals surface area contributed by atoms with Crippen molar-refractivity contribution >= 4 is 33.4 Å². The van der Waals surface area contributed by atoms with Crippen LogP contribution in [0.2, 0.25) is 0 Å². The molecule has 0 aliphatic carbocycles. The second kappa shape index (κ2) is 13.6. The van der Waals surface area contributed by atoms with Gasteiger partial charge in [-0.25, -0.2) is 0 Å². The molecule has 2 aliphatic heterocycles. The van der Waals surface area contributed by atoms with Gasteiger partial charge < -0.3 is 29.3 Å². The molecule has 43 heavy (non-hydrogen) atoms. The van der Waals surface area contributed by atoms with Crippen molar-refractivity contribution in [1.29, 1.82) is 0 Å². The molecule has 9 nitrogen and oxygen atoms in total. The Morgan fingerprint density at radius 1 is 1.05 bits per heavy atom.